The summed E-state index contributed by atoms with van der Waals surface area (Å²) in [4.78, 5) is 31.5. The predicted octanol–water partition coefficient (Wildman–Crippen LogP) is 3.07. The molecular weight excluding hydrogens is 422 g/mol. The van der Waals surface area contributed by atoms with Crippen molar-refractivity contribution in [2.45, 2.75) is 19.1 Å². The molecule has 9 heteroatoms. The highest BCUT2D eigenvalue weighted by Crippen LogP contribution is 2.31. The number of fused-ring (bicyclic) bond motifs is 1. The number of carbonyl (C=O) groups excluding carboxylic acids is 1. The van der Waals surface area contributed by atoms with E-state index in [1.54, 1.807) is 4.57 Å². The molecule has 1 unspecified atom stereocenters. The van der Waals surface area contributed by atoms with E-state index in [1.807, 2.05) is 54.3 Å². The molecule has 0 saturated carbocycles. The normalized spacial score (nSPS) is 20.3. The van der Waals surface area contributed by atoms with Gasteiger partial charge in [0.15, 0.2) is 0 Å². The van der Waals surface area contributed by atoms with E-state index >= 15 is 0 Å². The third kappa shape index (κ3) is 4.31. The lowest BCUT2D eigenvalue weighted by Crippen LogP contribution is -2.53. The summed E-state index contributed by atoms with van der Waals surface area (Å²) in [5.41, 5.74) is 2.41. The molecule has 1 fully saturated rings. The molecule has 2 aromatic carbocycles. The molecule has 1 aromatic heterocycles. The molecular formula is C24H25N5O4. The van der Waals surface area contributed by atoms with E-state index in [4.69, 9.17) is 4.74 Å². The Hall–Kier alpha value is -3.72. The van der Waals surface area contributed by atoms with Crippen molar-refractivity contribution >= 4 is 11.7 Å². The third-order valence-corrected chi connectivity index (χ3v) is 6.21. The minimum Gasteiger partial charge on any atom is -0.436 e. The molecule has 2 aliphatic heterocycles. The van der Waals surface area contributed by atoms with Crippen LogP contribution < -0.4 is 4.74 Å². The van der Waals surface area contributed by atoms with E-state index in [9.17, 15) is 14.9 Å². The van der Waals surface area contributed by atoms with Crippen molar-refractivity contribution in [2.24, 2.45) is 0 Å². The van der Waals surface area contributed by atoms with Gasteiger partial charge in [-0.15, -0.1) is 0 Å². The summed E-state index contributed by atoms with van der Waals surface area (Å²) < 4.78 is 7.64. The molecule has 5 rings (SSSR count). The van der Waals surface area contributed by atoms with Gasteiger partial charge in [-0.1, -0.05) is 42.5 Å². The summed E-state index contributed by atoms with van der Waals surface area (Å²) in [6.45, 7) is 5.94. The van der Waals surface area contributed by atoms with E-state index < -0.39 is 10.5 Å². The first kappa shape index (κ1) is 21.1. The van der Waals surface area contributed by atoms with Crippen LogP contribution in [0.15, 0.2) is 60.8 Å². The van der Waals surface area contributed by atoms with Gasteiger partial charge in [0, 0.05) is 43.3 Å². The standard InChI is InChI=1S/C24H25N5O4/c1-24(17-28-15-21(29(31)32)25-23(28)33-24)16-26-11-13-27(14-12-26)22(30)20-9-7-19(8-10-20)18-5-3-2-4-6-18/h2-10,15H,11-14,16-17H2,1H3. The smallest absolute Gasteiger partial charge is 0.415 e. The number of hydrogen-bond donors (Lipinski definition) is 0. The maximum atomic E-state index is 13.0. The summed E-state index contributed by atoms with van der Waals surface area (Å²) in [5, 5.41) is 10.9. The van der Waals surface area contributed by atoms with Gasteiger partial charge in [0.1, 0.15) is 11.8 Å². The topological polar surface area (TPSA) is 93.7 Å². The molecule has 9 nitrogen and oxygen atoms in total. The van der Waals surface area contributed by atoms with Gasteiger partial charge in [-0.3, -0.25) is 14.3 Å². The second-order valence-corrected chi connectivity index (χ2v) is 8.83. The van der Waals surface area contributed by atoms with Crippen LogP contribution in [0.5, 0.6) is 6.01 Å². The number of rotatable bonds is 5. The molecule has 2 aliphatic rings. The lowest BCUT2D eigenvalue weighted by atomic mass is 10.0. The van der Waals surface area contributed by atoms with Crippen molar-refractivity contribution in [3.8, 4) is 17.1 Å². The molecule has 3 aromatic rings. The minimum absolute atomic E-state index is 0.0463. The minimum atomic E-state index is -0.516. The van der Waals surface area contributed by atoms with Gasteiger partial charge >= 0.3 is 11.8 Å². The molecule has 170 valence electrons. The van der Waals surface area contributed by atoms with Gasteiger partial charge in [0.05, 0.1) is 6.54 Å². The highest BCUT2D eigenvalue weighted by Gasteiger charge is 2.42. The summed E-state index contributed by atoms with van der Waals surface area (Å²) in [6.07, 6.45) is 1.42. The molecule has 0 radical (unpaired) electrons. The summed E-state index contributed by atoms with van der Waals surface area (Å²) in [6, 6.07) is 18.2. The van der Waals surface area contributed by atoms with E-state index in [-0.39, 0.29) is 17.7 Å². The number of hydrogen-bond acceptors (Lipinski definition) is 6. The lowest BCUT2D eigenvalue weighted by molar-refractivity contribution is -0.389. The quantitative estimate of drug-likeness (QED) is 0.441. The van der Waals surface area contributed by atoms with E-state index in [0.29, 0.717) is 31.7 Å². The largest absolute Gasteiger partial charge is 0.436 e. The van der Waals surface area contributed by atoms with Gasteiger partial charge in [0.25, 0.3) is 5.91 Å². The molecule has 33 heavy (non-hydrogen) atoms. The summed E-state index contributed by atoms with van der Waals surface area (Å²) >= 11 is 0. The van der Waals surface area contributed by atoms with Crippen molar-refractivity contribution in [2.75, 3.05) is 32.7 Å². The summed E-state index contributed by atoms with van der Waals surface area (Å²) in [5.74, 6) is -0.152. The van der Waals surface area contributed by atoms with Crippen LogP contribution in [0.4, 0.5) is 5.82 Å². The molecule has 1 amide bonds. The van der Waals surface area contributed by atoms with Crippen LogP contribution in [-0.4, -0.2) is 68.5 Å². The number of nitro groups is 1. The van der Waals surface area contributed by atoms with Crippen molar-refractivity contribution in [1.29, 1.82) is 0 Å². The fourth-order valence-electron chi connectivity index (χ4n) is 4.56. The van der Waals surface area contributed by atoms with Crippen LogP contribution in [0.25, 0.3) is 11.1 Å². The molecule has 3 heterocycles. The first-order valence-corrected chi connectivity index (χ1v) is 11.0. The number of aromatic nitrogens is 2. The monoisotopic (exact) mass is 447 g/mol. The van der Waals surface area contributed by atoms with Crippen LogP contribution in [-0.2, 0) is 6.54 Å². The van der Waals surface area contributed by atoms with Crippen LogP contribution in [0.2, 0.25) is 0 Å². The zero-order valence-corrected chi connectivity index (χ0v) is 18.4. The molecule has 1 atom stereocenters. The van der Waals surface area contributed by atoms with Gasteiger partial charge in [0.2, 0.25) is 0 Å². The zero-order chi connectivity index (χ0) is 23.0. The fourth-order valence-corrected chi connectivity index (χ4v) is 4.56. The number of piperazine rings is 1. The average Bonchev–Trinajstić information content (AvgIpc) is 3.35. The number of nitrogens with zero attached hydrogens (tertiary/aromatic N) is 5. The van der Waals surface area contributed by atoms with Crippen molar-refractivity contribution in [1.82, 2.24) is 19.4 Å². The summed E-state index contributed by atoms with van der Waals surface area (Å²) in [7, 11) is 0. The Bertz CT molecular complexity index is 1140. The first-order valence-electron chi connectivity index (χ1n) is 11.0. The highest BCUT2D eigenvalue weighted by molar-refractivity contribution is 5.94. The Kier molecular flexibility index (Phi) is 5.33. The van der Waals surface area contributed by atoms with E-state index in [2.05, 4.69) is 22.0 Å². The molecule has 0 spiro atoms. The molecule has 1 saturated heterocycles. The molecule has 0 bridgehead atoms. The predicted molar refractivity (Wildman–Crippen MR) is 122 cm³/mol. The zero-order valence-electron chi connectivity index (χ0n) is 18.4. The highest BCUT2D eigenvalue weighted by atomic mass is 16.6. The Morgan fingerprint density at radius 2 is 1.73 bits per heavy atom. The van der Waals surface area contributed by atoms with Crippen LogP contribution in [0, 0.1) is 10.1 Å². The first-order chi connectivity index (χ1) is 15.9. The lowest BCUT2D eigenvalue weighted by Gasteiger charge is -2.38. The molecule has 0 aliphatic carbocycles. The fraction of sp³-hybridized carbons (Fsp3) is 0.333. The Morgan fingerprint density at radius 3 is 2.36 bits per heavy atom. The van der Waals surface area contributed by atoms with Gasteiger partial charge in [-0.2, -0.15) is 0 Å². The average molecular weight is 447 g/mol. The number of imidazole rings is 1. The molecule has 0 N–H and O–H groups in total. The number of benzene rings is 2. The van der Waals surface area contributed by atoms with Gasteiger partial charge < -0.3 is 19.8 Å². The second kappa shape index (κ2) is 8.32. The van der Waals surface area contributed by atoms with Crippen LogP contribution >= 0.6 is 0 Å². The van der Waals surface area contributed by atoms with Gasteiger partial charge in [-0.25, -0.2) is 0 Å². The third-order valence-electron chi connectivity index (χ3n) is 6.21. The van der Waals surface area contributed by atoms with Crippen LogP contribution in [0.1, 0.15) is 17.3 Å². The SMILES string of the molecule is CC1(CN2CCN(C(=O)c3ccc(-c4ccccc4)cc3)CC2)Cn2cc([N+](=O)[O-])nc2O1. The number of amides is 1. The number of ether oxygens (including phenoxy) is 1. The maximum absolute atomic E-state index is 13.0. The Morgan fingerprint density at radius 1 is 1.06 bits per heavy atom. The number of carbonyl (C=O) groups is 1. The van der Waals surface area contributed by atoms with Crippen molar-refractivity contribution in [3.63, 3.8) is 0 Å². The van der Waals surface area contributed by atoms with Gasteiger partial charge in [-0.05, 0) is 35.1 Å². The van der Waals surface area contributed by atoms with E-state index in [0.717, 1.165) is 24.2 Å². The maximum Gasteiger partial charge on any atom is 0.415 e. The van der Waals surface area contributed by atoms with Crippen LogP contribution in [0.3, 0.4) is 0 Å². The Balaban J connectivity index is 1.15. The Labute approximate surface area is 191 Å². The second-order valence-electron chi connectivity index (χ2n) is 8.83. The van der Waals surface area contributed by atoms with Crippen molar-refractivity contribution < 1.29 is 14.5 Å². The van der Waals surface area contributed by atoms with E-state index in [1.165, 1.54) is 6.20 Å². The van der Waals surface area contributed by atoms with Crippen molar-refractivity contribution in [3.05, 3.63) is 76.5 Å².